The maximum Gasteiger partial charge on any atom is 0.257 e. The molecule has 194 valence electrons. The number of carbonyl (C=O) groups is 1. The Balaban J connectivity index is 0.000000454. The third-order valence-corrected chi connectivity index (χ3v) is 6.49. The molecule has 1 aromatic carbocycles. The summed E-state index contributed by atoms with van der Waals surface area (Å²) in [6.07, 6.45) is 7.31. The fraction of sp³-hybridized carbons (Fsp3) is 0.414. The Morgan fingerprint density at radius 2 is 1.97 bits per heavy atom. The largest absolute Gasteiger partial charge is 0.507 e. The fourth-order valence-corrected chi connectivity index (χ4v) is 4.22. The number of aromatic hydroxyl groups is 1. The van der Waals surface area contributed by atoms with Crippen LogP contribution in [0.3, 0.4) is 0 Å². The maximum absolute atomic E-state index is 12.9. The molecule has 1 aromatic heterocycles. The van der Waals surface area contributed by atoms with E-state index in [1.54, 1.807) is 18.1 Å². The van der Waals surface area contributed by atoms with E-state index >= 15 is 0 Å². The lowest BCUT2D eigenvalue weighted by molar-refractivity contribution is 0.0301. The molecule has 1 saturated heterocycles. The number of amides is 1. The number of phenols is 1. The SMILES string of the molecule is C/C=C(\C)c1c[nH]c2c1C=C(c1ccc(O)c(C(=O)N3CCOCC3)c1)CN2C.C=C(C)CCOC. The van der Waals surface area contributed by atoms with Crippen molar-refractivity contribution in [2.75, 3.05) is 58.5 Å². The van der Waals surface area contributed by atoms with Gasteiger partial charge in [-0.1, -0.05) is 17.7 Å². The second kappa shape index (κ2) is 12.6. The first-order chi connectivity index (χ1) is 17.3. The molecule has 0 saturated carbocycles. The van der Waals surface area contributed by atoms with Crippen molar-refractivity contribution in [2.45, 2.75) is 27.2 Å². The second-order valence-corrected chi connectivity index (χ2v) is 9.30. The number of hydrogen-bond acceptors (Lipinski definition) is 5. The number of nitrogens with zero attached hydrogens (tertiary/aromatic N) is 2. The summed E-state index contributed by atoms with van der Waals surface area (Å²) in [4.78, 5) is 20.2. The molecule has 0 bridgehead atoms. The van der Waals surface area contributed by atoms with Gasteiger partial charge in [0.1, 0.15) is 11.6 Å². The average molecular weight is 494 g/mol. The number of carbonyl (C=O) groups excluding carboxylic acids is 1. The summed E-state index contributed by atoms with van der Waals surface area (Å²) >= 11 is 0. The summed E-state index contributed by atoms with van der Waals surface area (Å²) in [6, 6.07) is 5.31. The molecule has 0 unspecified atom stereocenters. The van der Waals surface area contributed by atoms with Gasteiger partial charge < -0.3 is 29.4 Å². The molecular formula is C29H39N3O4. The van der Waals surface area contributed by atoms with Crippen molar-refractivity contribution >= 4 is 28.9 Å². The first-order valence-corrected chi connectivity index (χ1v) is 12.4. The van der Waals surface area contributed by atoms with Gasteiger partial charge in [0.05, 0.1) is 18.8 Å². The quantitative estimate of drug-likeness (QED) is 0.541. The number of nitrogens with one attached hydrogen (secondary N) is 1. The molecule has 4 rings (SSSR count). The van der Waals surface area contributed by atoms with Crippen LogP contribution in [0.4, 0.5) is 5.82 Å². The minimum atomic E-state index is -0.148. The summed E-state index contributed by atoms with van der Waals surface area (Å²) in [7, 11) is 3.75. The Kier molecular flexibility index (Phi) is 9.56. The summed E-state index contributed by atoms with van der Waals surface area (Å²) in [5, 5.41) is 10.3. The van der Waals surface area contributed by atoms with Crippen LogP contribution in [0.1, 0.15) is 54.2 Å². The van der Waals surface area contributed by atoms with E-state index in [4.69, 9.17) is 9.47 Å². The molecule has 36 heavy (non-hydrogen) atoms. The molecule has 2 N–H and O–H groups in total. The number of rotatable bonds is 6. The van der Waals surface area contributed by atoms with E-state index in [0.717, 1.165) is 42.1 Å². The minimum Gasteiger partial charge on any atom is -0.507 e. The molecule has 0 radical (unpaired) electrons. The van der Waals surface area contributed by atoms with Crippen molar-refractivity contribution in [3.05, 3.63) is 64.9 Å². The highest BCUT2D eigenvalue weighted by atomic mass is 16.5. The van der Waals surface area contributed by atoms with E-state index in [1.807, 2.05) is 32.2 Å². The highest BCUT2D eigenvalue weighted by molar-refractivity contribution is 6.00. The average Bonchev–Trinajstić information content (AvgIpc) is 3.32. The molecule has 2 aliphatic heterocycles. The monoisotopic (exact) mass is 493 g/mol. The predicted molar refractivity (Wildman–Crippen MR) is 147 cm³/mol. The Bertz CT molecular complexity index is 1140. The molecule has 2 aliphatic rings. The van der Waals surface area contributed by atoms with Crippen molar-refractivity contribution in [2.24, 2.45) is 0 Å². The van der Waals surface area contributed by atoms with Gasteiger partial charge in [0.15, 0.2) is 0 Å². The number of allylic oxidation sites excluding steroid dienone is 2. The van der Waals surface area contributed by atoms with Gasteiger partial charge in [-0.25, -0.2) is 0 Å². The van der Waals surface area contributed by atoms with Crippen LogP contribution in [0.5, 0.6) is 5.75 Å². The van der Waals surface area contributed by atoms with E-state index in [9.17, 15) is 9.90 Å². The molecule has 1 amide bonds. The van der Waals surface area contributed by atoms with Crippen molar-refractivity contribution in [3.63, 3.8) is 0 Å². The zero-order valence-electron chi connectivity index (χ0n) is 22.2. The fourth-order valence-electron chi connectivity index (χ4n) is 4.22. The number of ether oxygens (including phenoxy) is 2. The first-order valence-electron chi connectivity index (χ1n) is 12.4. The number of hydrogen-bond donors (Lipinski definition) is 2. The highest BCUT2D eigenvalue weighted by Gasteiger charge is 2.24. The highest BCUT2D eigenvalue weighted by Crippen LogP contribution is 2.37. The van der Waals surface area contributed by atoms with Crippen LogP contribution in [0.25, 0.3) is 17.2 Å². The van der Waals surface area contributed by atoms with E-state index in [1.165, 1.54) is 16.7 Å². The van der Waals surface area contributed by atoms with Crippen molar-refractivity contribution in [1.82, 2.24) is 9.88 Å². The topological polar surface area (TPSA) is 78.0 Å². The summed E-state index contributed by atoms with van der Waals surface area (Å²) in [6.45, 7) is 13.5. The van der Waals surface area contributed by atoms with Crippen LogP contribution >= 0.6 is 0 Å². The third kappa shape index (κ3) is 6.47. The number of aromatic amines is 1. The molecule has 2 aromatic rings. The maximum atomic E-state index is 12.9. The lowest BCUT2D eigenvalue weighted by Gasteiger charge is -2.28. The van der Waals surface area contributed by atoms with Crippen LogP contribution in [0.2, 0.25) is 0 Å². The number of methoxy groups -OCH3 is 1. The van der Waals surface area contributed by atoms with E-state index in [-0.39, 0.29) is 11.7 Å². The molecule has 7 heteroatoms. The minimum absolute atomic E-state index is 0.0165. The lowest BCUT2D eigenvalue weighted by Crippen LogP contribution is -2.40. The predicted octanol–water partition coefficient (Wildman–Crippen LogP) is 5.21. The van der Waals surface area contributed by atoms with Gasteiger partial charge in [0.25, 0.3) is 5.91 Å². The number of phenolic OH excluding ortho intramolecular Hbond substituents is 1. The van der Waals surface area contributed by atoms with Gasteiger partial charge >= 0.3 is 0 Å². The molecule has 3 heterocycles. The van der Waals surface area contributed by atoms with E-state index in [2.05, 4.69) is 42.6 Å². The van der Waals surface area contributed by atoms with Gasteiger partial charge in [-0.2, -0.15) is 0 Å². The van der Waals surface area contributed by atoms with Gasteiger partial charge in [-0.3, -0.25) is 4.79 Å². The first kappa shape index (κ1) is 27.3. The summed E-state index contributed by atoms with van der Waals surface area (Å²) < 4.78 is 10.1. The number of anilines is 1. The molecule has 1 fully saturated rings. The van der Waals surface area contributed by atoms with Gasteiger partial charge in [0.2, 0.25) is 0 Å². The normalized spacial score (nSPS) is 15.6. The van der Waals surface area contributed by atoms with Crippen LogP contribution < -0.4 is 4.90 Å². The Morgan fingerprint density at radius 1 is 1.25 bits per heavy atom. The third-order valence-electron chi connectivity index (χ3n) is 6.49. The Labute approximate surface area is 214 Å². The number of morpholine rings is 1. The van der Waals surface area contributed by atoms with Crippen molar-refractivity contribution in [1.29, 1.82) is 0 Å². The number of fused-ring (bicyclic) bond motifs is 1. The van der Waals surface area contributed by atoms with Gasteiger partial charge in [-0.15, -0.1) is 6.58 Å². The molecule has 0 aliphatic carbocycles. The van der Waals surface area contributed by atoms with Gasteiger partial charge in [-0.05, 0) is 62.1 Å². The Hall–Kier alpha value is -3.29. The zero-order chi connectivity index (χ0) is 26.2. The van der Waals surface area contributed by atoms with Crippen LogP contribution in [0, 0.1) is 0 Å². The number of benzene rings is 1. The smallest absolute Gasteiger partial charge is 0.257 e. The number of likely N-dealkylation sites (N-methyl/N-ethyl adjacent to an activating group) is 1. The molecule has 7 nitrogen and oxygen atoms in total. The zero-order valence-corrected chi connectivity index (χ0v) is 22.2. The molecule has 0 spiro atoms. The summed E-state index contributed by atoms with van der Waals surface area (Å²) in [5.41, 5.74) is 7.12. The van der Waals surface area contributed by atoms with E-state index in [0.29, 0.717) is 31.9 Å². The van der Waals surface area contributed by atoms with Crippen molar-refractivity contribution in [3.8, 4) is 5.75 Å². The molecule has 0 atom stereocenters. The van der Waals surface area contributed by atoms with Crippen LogP contribution in [-0.2, 0) is 9.47 Å². The Morgan fingerprint density at radius 3 is 2.58 bits per heavy atom. The molecular weight excluding hydrogens is 454 g/mol. The van der Waals surface area contributed by atoms with Crippen molar-refractivity contribution < 1.29 is 19.4 Å². The lowest BCUT2D eigenvalue weighted by atomic mass is 9.95. The van der Waals surface area contributed by atoms with Gasteiger partial charge in [0, 0.05) is 57.7 Å². The number of aromatic nitrogens is 1. The van der Waals surface area contributed by atoms with E-state index < -0.39 is 0 Å². The second-order valence-electron chi connectivity index (χ2n) is 9.30. The van der Waals surface area contributed by atoms with Crippen LogP contribution in [-0.4, -0.2) is 74.5 Å². The van der Waals surface area contributed by atoms with Crippen LogP contribution in [0.15, 0.2) is 42.6 Å². The number of H-pyrrole nitrogens is 1. The standard InChI is InChI=1S/C23H27N3O3.C6H12O/c1-4-15(2)20-13-24-22-18(20)12-17(14-25(22)3)16-5-6-21(27)19(11-16)23(28)26-7-9-29-10-8-26;1-6(2)4-5-7-3/h4-6,11-13,24,27H,7-10,14H2,1-3H3;1,4-5H2,2-3H3/b15-4+;. The summed E-state index contributed by atoms with van der Waals surface area (Å²) in [5.74, 6) is 0.960.